The molecule has 32 heavy (non-hydrogen) atoms. The maximum atomic E-state index is 12.7. The third-order valence-corrected chi connectivity index (χ3v) is 4.89. The monoisotopic (exact) mass is 437 g/mol. The lowest BCUT2D eigenvalue weighted by molar-refractivity contribution is -0.121. The van der Waals surface area contributed by atoms with Crippen molar-refractivity contribution >= 4 is 23.6 Å². The van der Waals surface area contributed by atoms with Crippen molar-refractivity contribution in [1.82, 2.24) is 15.5 Å². The number of hydrogen-bond acceptors (Lipinski definition) is 5. The number of nitrogens with zero attached hydrogens (tertiary/aromatic N) is 1. The molecule has 0 bridgehead atoms. The quantitative estimate of drug-likeness (QED) is 0.487. The summed E-state index contributed by atoms with van der Waals surface area (Å²) in [6, 6.07) is 13.7. The summed E-state index contributed by atoms with van der Waals surface area (Å²) in [5, 5.41) is 5.41. The van der Waals surface area contributed by atoms with Gasteiger partial charge in [-0.2, -0.15) is 0 Å². The first-order valence-corrected chi connectivity index (χ1v) is 10.4. The predicted molar refractivity (Wildman–Crippen MR) is 119 cm³/mol. The Balaban J connectivity index is 1.44. The first kappa shape index (κ1) is 23.0. The van der Waals surface area contributed by atoms with Gasteiger partial charge >= 0.3 is 0 Å². The Bertz CT molecular complexity index is 1030. The normalized spacial score (nSPS) is 13.0. The number of amides is 4. The van der Waals surface area contributed by atoms with E-state index in [1.165, 1.54) is 23.1 Å². The highest BCUT2D eigenvalue weighted by Gasteiger charge is 2.42. The molecule has 0 radical (unpaired) electrons. The maximum absolute atomic E-state index is 12.7. The summed E-state index contributed by atoms with van der Waals surface area (Å²) in [4.78, 5) is 50.7. The lowest BCUT2D eigenvalue weighted by Crippen LogP contribution is -2.45. The number of rotatable bonds is 8. The molecule has 8 heteroatoms. The lowest BCUT2D eigenvalue weighted by Gasteiger charge is -2.29. The van der Waals surface area contributed by atoms with Crippen molar-refractivity contribution in [2.45, 2.75) is 32.7 Å². The van der Waals surface area contributed by atoms with Crippen molar-refractivity contribution < 1.29 is 23.9 Å². The van der Waals surface area contributed by atoms with E-state index in [1.807, 2.05) is 30.3 Å². The minimum absolute atomic E-state index is 0.181. The number of carbonyl (C=O) groups is 4. The molecule has 0 saturated carbocycles. The maximum Gasteiger partial charge on any atom is 0.262 e. The van der Waals surface area contributed by atoms with Gasteiger partial charge in [-0.25, -0.2) is 0 Å². The van der Waals surface area contributed by atoms with Gasteiger partial charge in [0.05, 0.1) is 24.2 Å². The molecule has 0 spiro atoms. The van der Waals surface area contributed by atoms with E-state index in [1.54, 1.807) is 20.8 Å². The summed E-state index contributed by atoms with van der Waals surface area (Å²) in [6.45, 7) is 6.09. The van der Waals surface area contributed by atoms with Crippen molar-refractivity contribution in [3.8, 4) is 5.75 Å². The Hall–Kier alpha value is -3.68. The van der Waals surface area contributed by atoms with Crippen molar-refractivity contribution in [3.05, 3.63) is 65.2 Å². The van der Waals surface area contributed by atoms with Crippen LogP contribution in [-0.2, 0) is 4.79 Å². The predicted octanol–water partition coefficient (Wildman–Crippen LogP) is 2.40. The summed E-state index contributed by atoms with van der Waals surface area (Å²) in [5.41, 5.74) is 0.152. The summed E-state index contributed by atoms with van der Waals surface area (Å²) < 4.78 is 5.47. The molecule has 0 unspecified atom stereocenters. The second-order valence-electron chi connectivity index (χ2n) is 8.39. The number of imide groups is 1. The van der Waals surface area contributed by atoms with Gasteiger partial charge in [-0.3, -0.25) is 24.1 Å². The number of ether oxygens (including phenoxy) is 1. The number of carbonyl (C=O) groups excluding carboxylic acids is 4. The Morgan fingerprint density at radius 2 is 1.56 bits per heavy atom. The molecule has 2 aromatic carbocycles. The molecule has 1 heterocycles. The van der Waals surface area contributed by atoms with Crippen LogP contribution in [0.5, 0.6) is 5.75 Å². The Morgan fingerprint density at radius 1 is 0.906 bits per heavy atom. The van der Waals surface area contributed by atoms with Crippen LogP contribution in [0, 0.1) is 0 Å². The van der Waals surface area contributed by atoms with Gasteiger partial charge in [0.2, 0.25) is 5.91 Å². The van der Waals surface area contributed by atoms with Crippen LogP contribution < -0.4 is 15.4 Å². The molecule has 0 atom stereocenters. The molecule has 4 amide bonds. The molecule has 168 valence electrons. The third kappa shape index (κ3) is 5.32. The standard InChI is InChI=1S/C24H27N3O5/c1-24(2,3)27-22(30)18-10-9-16(15-19(18)23(27)31)21(29)26-13-12-25-20(28)11-14-32-17-7-5-4-6-8-17/h4-10,15H,11-14H2,1-3H3,(H,25,28)(H,26,29). The number of hydrogen-bond donors (Lipinski definition) is 2. The SMILES string of the molecule is CC(C)(C)N1C(=O)c2ccc(C(=O)NCCNC(=O)CCOc3ccccc3)cc2C1=O. The van der Waals surface area contributed by atoms with E-state index in [0.29, 0.717) is 11.3 Å². The first-order chi connectivity index (χ1) is 15.2. The van der Waals surface area contributed by atoms with Crippen LogP contribution in [0.2, 0.25) is 0 Å². The van der Waals surface area contributed by atoms with Gasteiger partial charge < -0.3 is 15.4 Å². The zero-order valence-electron chi connectivity index (χ0n) is 18.4. The average molecular weight is 437 g/mol. The van der Waals surface area contributed by atoms with Crippen LogP contribution in [-0.4, -0.2) is 53.8 Å². The zero-order valence-corrected chi connectivity index (χ0v) is 18.4. The highest BCUT2D eigenvalue weighted by molar-refractivity contribution is 6.22. The molecule has 1 aliphatic rings. The second-order valence-corrected chi connectivity index (χ2v) is 8.39. The van der Waals surface area contributed by atoms with Crippen LogP contribution in [0.4, 0.5) is 0 Å². The molecule has 2 N–H and O–H groups in total. The molecule has 0 saturated heterocycles. The number of fused-ring (bicyclic) bond motifs is 1. The highest BCUT2D eigenvalue weighted by atomic mass is 16.5. The number of para-hydroxylation sites is 1. The number of nitrogens with one attached hydrogen (secondary N) is 2. The molecule has 0 fully saturated rings. The fraction of sp³-hybridized carbons (Fsp3) is 0.333. The summed E-state index contributed by atoms with van der Waals surface area (Å²) >= 11 is 0. The van der Waals surface area contributed by atoms with Crippen molar-refractivity contribution in [2.75, 3.05) is 19.7 Å². The van der Waals surface area contributed by atoms with Gasteiger partial charge in [-0.15, -0.1) is 0 Å². The molecular weight excluding hydrogens is 410 g/mol. The van der Waals surface area contributed by atoms with Gasteiger partial charge in [-0.1, -0.05) is 18.2 Å². The van der Waals surface area contributed by atoms with Gasteiger partial charge in [-0.05, 0) is 51.1 Å². The van der Waals surface area contributed by atoms with E-state index in [9.17, 15) is 19.2 Å². The van der Waals surface area contributed by atoms with E-state index in [-0.39, 0.29) is 55.0 Å². The molecule has 0 aliphatic carbocycles. The molecule has 0 aromatic heterocycles. The summed E-state index contributed by atoms with van der Waals surface area (Å²) in [5.74, 6) is -0.628. The highest BCUT2D eigenvalue weighted by Crippen LogP contribution is 2.29. The Kier molecular flexibility index (Phi) is 6.92. The van der Waals surface area contributed by atoms with Gasteiger partial charge in [0.15, 0.2) is 0 Å². The molecule has 2 aromatic rings. The molecular formula is C24H27N3O5. The largest absolute Gasteiger partial charge is 0.493 e. The van der Waals surface area contributed by atoms with E-state index in [0.717, 1.165) is 0 Å². The van der Waals surface area contributed by atoms with Gasteiger partial charge in [0, 0.05) is 24.2 Å². The summed E-state index contributed by atoms with van der Waals surface area (Å²) in [6.07, 6.45) is 0.202. The van der Waals surface area contributed by atoms with Crippen LogP contribution in [0.3, 0.4) is 0 Å². The van der Waals surface area contributed by atoms with Crippen molar-refractivity contribution in [1.29, 1.82) is 0 Å². The van der Waals surface area contributed by atoms with Crippen LogP contribution in [0.25, 0.3) is 0 Å². The second kappa shape index (κ2) is 9.64. The fourth-order valence-corrected chi connectivity index (χ4v) is 3.34. The fourth-order valence-electron chi connectivity index (χ4n) is 3.34. The minimum Gasteiger partial charge on any atom is -0.493 e. The topological polar surface area (TPSA) is 105 Å². The number of benzene rings is 2. The molecule has 1 aliphatic heterocycles. The average Bonchev–Trinajstić information content (AvgIpc) is 3.01. The summed E-state index contributed by atoms with van der Waals surface area (Å²) in [7, 11) is 0. The van der Waals surface area contributed by atoms with E-state index in [4.69, 9.17) is 4.74 Å². The van der Waals surface area contributed by atoms with E-state index in [2.05, 4.69) is 10.6 Å². The zero-order chi connectivity index (χ0) is 23.3. The van der Waals surface area contributed by atoms with E-state index >= 15 is 0 Å². The van der Waals surface area contributed by atoms with Crippen LogP contribution in [0.15, 0.2) is 48.5 Å². The lowest BCUT2D eigenvalue weighted by atomic mass is 10.1. The Labute approximate surface area is 186 Å². The smallest absolute Gasteiger partial charge is 0.262 e. The van der Waals surface area contributed by atoms with Crippen LogP contribution in [0.1, 0.15) is 58.3 Å². The Morgan fingerprint density at radius 3 is 2.25 bits per heavy atom. The minimum atomic E-state index is -0.653. The third-order valence-electron chi connectivity index (χ3n) is 4.89. The van der Waals surface area contributed by atoms with Crippen LogP contribution >= 0.6 is 0 Å². The van der Waals surface area contributed by atoms with Gasteiger partial charge in [0.25, 0.3) is 17.7 Å². The van der Waals surface area contributed by atoms with Crippen molar-refractivity contribution in [3.63, 3.8) is 0 Å². The van der Waals surface area contributed by atoms with Crippen molar-refractivity contribution in [2.24, 2.45) is 0 Å². The van der Waals surface area contributed by atoms with E-state index < -0.39 is 11.4 Å². The first-order valence-electron chi connectivity index (χ1n) is 10.4. The van der Waals surface area contributed by atoms with Gasteiger partial charge in [0.1, 0.15) is 5.75 Å². The molecule has 3 rings (SSSR count). The molecule has 8 nitrogen and oxygen atoms in total.